The molecule has 37 heavy (non-hydrogen) atoms. The van der Waals surface area contributed by atoms with Crippen LogP contribution < -0.4 is 9.62 Å². The maximum absolute atomic E-state index is 13.5. The van der Waals surface area contributed by atoms with Crippen molar-refractivity contribution in [1.29, 1.82) is 0 Å². The molecule has 0 aliphatic rings. The van der Waals surface area contributed by atoms with Crippen molar-refractivity contribution in [3.63, 3.8) is 0 Å². The predicted octanol–water partition coefficient (Wildman–Crippen LogP) is 5.22. The van der Waals surface area contributed by atoms with Crippen LogP contribution in [0.1, 0.15) is 38.3 Å². The van der Waals surface area contributed by atoms with Crippen molar-refractivity contribution in [3.05, 3.63) is 63.1 Å². The van der Waals surface area contributed by atoms with E-state index >= 15 is 0 Å². The zero-order valence-corrected chi connectivity index (χ0v) is 23.8. The van der Waals surface area contributed by atoms with Crippen molar-refractivity contribution in [2.45, 2.75) is 52.0 Å². The summed E-state index contributed by atoms with van der Waals surface area (Å²) in [6.45, 7) is 4.33. The van der Waals surface area contributed by atoms with Crippen molar-refractivity contribution in [1.82, 2.24) is 10.2 Å². The van der Waals surface area contributed by atoms with E-state index in [0.29, 0.717) is 22.4 Å². The summed E-state index contributed by atoms with van der Waals surface area (Å²) in [5.41, 5.74) is -0.954. The van der Waals surface area contributed by atoms with Crippen LogP contribution in [0.25, 0.3) is 0 Å². The lowest BCUT2D eigenvalue weighted by Gasteiger charge is -2.32. The Hall–Kier alpha value is -2.31. The summed E-state index contributed by atoms with van der Waals surface area (Å²) in [4.78, 5) is 27.5. The Morgan fingerprint density at radius 3 is 2.22 bits per heavy atom. The highest BCUT2D eigenvalue weighted by Gasteiger charge is 2.35. The fourth-order valence-electron chi connectivity index (χ4n) is 3.33. The number of benzene rings is 2. The monoisotopic (exact) mass is 625 g/mol. The molecule has 1 N–H and O–H groups in total. The average Bonchev–Trinajstić information content (AvgIpc) is 2.80. The third-order valence-electron chi connectivity index (χ3n) is 5.66. The minimum atomic E-state index is -4.84. The van der Waals surface area contributed by atoms with E-state index in [9.17, 15) is 31.2 Å². The standard InChI is InChI=1S/C24H28BrClF3N3O4S/c1-5-15(2)30-23(34)16(3)31(13-17-6-8-18(25)9-7-17)22(33)14-32(37(4,35)36)19-10-11-21(26)20(12-19)24(27,28)29/h6-12,15-16H,5,13-14H2,1-4H3,(H,30,34)/t15-,16+/m0/s1. The lowest BCUT2D eigenvalue weighted by atomic mass is 10.1. The van der Waals surface area contributed by atoms with Crippen LogP contribution in [-0.4, -0.2) is 50.0 Å². The van der Waals surface area contributed by atoms with E-state index in [0.717, 1.165) is 22.9 Å². The summed E-state index contributed by atoms with van der Waals surface area (Å²) >= 11 is 9.00. The van der Waals surface area contributed by atoms with E-state index in [-0.39, 0.29) is 18.3 Å². The Kier molecular flexibility index (Phi) is 10.4. The van der Waals surface area contributed by atoms with Crippen LogP contribution in [0.2, 0.25) is 5.02 Å². The fraction of sp³-hybridized carbons (Fsp3) is 0.417. The normalized spacial score (nSPS) is 13.5. The van der Waals surface area contributed by atoms with Gasteiger partial charge in [0.1, 0.15) is 12.6 Å². The maximum atomic E-state index is 13.5. The van der Waals surface area contributed by atoms with Gasteiger partial charge in [0, 0.05) is 17.1 Å². The molecule has 0 aromatic heterocycles. The average molecular weight is 627 g/mol. The first-order valence-corrected chi connectivity index (χ1v) is 14.2. The lowest BCUT2D eigenvalue weighted by Crippen LogP contribution is -2.52. The molecule has 0 unspecified atom stereocenters. The highest BCUT2D eigenvalue weighted by Crippen LogP contribution is 2.37. The first kappa shape index (κ1) is 30.9. The molecule has 2 amide bonds. The number of sulfonamides is 1. The second kappa shape index (κ2) is 12.5. The van der Waals surface area contributed by atoms with Gasteiger partial charge >= 0.3 is 6.18 Å². The molecule has 0 heterocycles. The van der Waals surface area contributed by atoms with Gasteiger partial charge in [-0.3, -0.25) is 13.9 Å². The molecule has 2 aromatic carbocycles. The van der Waals surface area contributed by atoms with Crippen LogP contribution in [0.5, 0.6) is 0 Å². The maximum Gasteiger partial charge on any atom is 0.417 e. The Labute approximate surface area is 228 Å². The molecule has 0 radical (unpaired) electrons. The van der Waals surface area contributed by atoms with Gasteiger partial charge in [-0.1, -0.05) is 46.6 Å². The van der Waals surface area contributed by atoms with Gasteiger partial charge in [0.2, 0.25) is 21.8 Å². The van der Waals surface area contributed by atoms with E-state index in [1.54, 1.807) is 31.2 Å². The Bertz CT molecular complexity index is 1230. The minimum Gasteiger partial charge on any atom is -0.352 e. The molecule has 0 aliphatic heterocycles. The van der Waals surface area contributed by atoms with Crippen molar-refractivity contribution in [3.8, 4) is 0 Å². The van der Waals surface area contributed by atoms with Crippen molar-refractivity contribution in [2.75, 3.05) is 17.1 Å². The molecule has 0 bridgehead atoms. The molecule has 204 valence electrons. The topological polar surface area (TPSA) is 86.8 Å². The number of rotatable bonds is 10. The molecule has 2 rings (SSSR count). The summed E-state index contributed by atoms with van der Waals surface area (Å²) in [7, 11) is -4.20. The number of halogens is 5. The van der Waals surface area contributed by atoms with E-state index in [2.05, 4.69) is 21.2 Å². The van der Waals surface area contributed by atoms with Crippen LogP contribution in [0.4, 0.5) is 18.9 Å². The van der Waals surface area contributed by atoms with Crippen molar-refractivity contribution >= 4 is 55.1 Å². The first-order chi connectivity index (χ1) is 17.0. The van der Waals surface area contributed by atoms with Crippen LogP contribution in [-0.2, 0) is 32.3 Å². The third-order valence-corrected chi connectivity index (χ3v) is 7.66. The summed E-state index contributed by atoms with van der Waals surface area (Å²) < 4.78 is 66.7. The SMILES string of the molecule is CC[C@H](C)NC(=O)[C@@H](C)N(Cc1ccc(Br)cc1)C(=O)CN(c1ccc(Cl)c(C(F)(F)F)c1)S(C)(=O)=O. The molecule has 0 aliphatic carbocycles. The van der Waals surface area contributed by atoms with Crippen LogP contribution in [0, 0.1) is 0 Å². The number of carbonyl (C=O) groups is 2. The Morgan fingerprint density at radius 2 is 1.70 bits per heavy atom. The van der Waals surface area contributed by atoms with Gasteiger partial charge in [-0.15, -0.1) is 0 Å². The second-order valence-corrected chi connectivity index (χ2v) is 11.8. The molecular weight excluding hydrogens is 599 g/mol. The summed E-state index contributed by atoms with van der Waals surface area (Å²) in [6, 6.07) is 8.38. The van der Waals surface area contributed by atoms with Gasteiger partial charge in [-0.25, -0.2) is 8.42 Å². The summed E-state index contributed by atoms with van der Waals surface area (Å²) in [6.07, 6.45) is -3.41. The van der Waals surface area contributed by atoms with Gasteiger partial charge in [-0.2, -0.15) is 13.2 Å². The highest BCUT2D eigenvalue weighted by atomic mass is 79.9. The largest absolute Gasteiger partial charge is 0.417 e. The minimum absolute atomic E-state index is 0.0345. The first-order valence-electron chi connectivity index (χ1n) is 11.2. The van der Waals surface area contributed by atoms with Crippen molar-refractivity contribution in [2.24, 2.45) is 0 Å². The van der Waals surface area contributed by atoms with Crippen LogP contribution in [0.3, 0.4) is 0 Å². The van der Waals surface area contributed by atoms with Crippen LogP contribution in [0.15, 0.2) is 46.9 Å². The molecule has 0 spiro atoms. The zero-order valence-electron chi connectivity index (χ0n) is 20.6. The van der Waals surface area contributed by atoms with Gasteiger partial charge in [0.05, 0.1) is 22.5 Å². The smallest absolute Gasteiger partial charge is 0.352 e. The number of amides is 2. The van der Waals surface area contributed by atoms with Gasteiger partial charge < -0.3 is 10.2 Å². The van der Waals surface area contributed by atoms with Gasteiger partial charge in [0.25, 0.3) is 0 Å². The molecule has 0 saturated heterocycles. The second-order valence-electron chi connectivity index (χ2n) is 8.57. The number of nitrogens with zero attached hydrogens (tertiary/aromatic N) is 2. The van der Waals surface area contributed by atoms with E-state index in [1.807, 2.05) is 6.92 Å². The molecule has 0 saturated carbocycles. The third kappa shape index (κ3) is 8.61. The highest BCUT2D eigenvalue weighted by molar-refractivity contribution is 9.10. The number of anilines is 1. The van der Waals surface area contributed by atoms with E-state index in [1.165, 1.54) is 11.8 Å². The van der Waals surface area contributed by atoms with E-state index < -0.39 is 51.2 Å². The molecular formula is C24H28BrClF3N3O4S. The zero-order chi connectivity index (χ0) is 28.1. The summed E-state index contributed by atoms with van der Waals surface area (Å²) in [5.74, 6) is -1.22. The number of nitrogens with one attached hydrogen (secondary N) is 1. The summed E-state index contributed by atoms with van der Waals surface area (Å²) in [5, 5.41) is 2.19. The number of hydrogen-bond donors (Lipinski definition) is 1. The molecule has 2 aromatic rings. The Morgan fingerprint density at radius 1 is 1.11 bits per heavy atom. The molecule has 13 heteroatoms. The van der Waals surface area contributed by atoms with Crippen LogP contribution >= 0.6 is 27.5 Å². The molecule has 7 nitrogen and oxygen atoms in total. The van der Waals surface area contributed by atoms with E-state index in [4.69, 9.17) is 11.6 Å². The number of carbonyl (C=O) groups excluding carboxylic acids is 2. The van der Waals surface area contributed by atoms with Gasteiger partial charge in [0.15, 0.2) is 0 Å². The van der Waals surface area contributed by atoms with Gasteiger partial charge in [-0.05, 0) is 56.2 Å². The molecule has 0 fully saturated rings. The lowest BCUT2D eigenvalue weighted by molar-refractivity contribution is -0.139. The molecule has 2 atom stereocenters. The fourth-order valence-corrected chi connectivity index (χ4v) is 4.66. The quantitative estimate of drug-likeness (QED) is 0.392. The predicted molar refractivity (Wildman–Crippen MR) is 141 cm³/mol. The number of hydrogen-bond acceptors (Lipinski definition) is 4. The number of alkyl halides is 3. The Balaban J connectivity index is 2.47. The van der Waals surface area contributed by atoms with Crippen molar-refractivity contribution < 1.29 is 31.2 Å².